The van der Waals surface area contributed by atoms with Gasteiger partial charge in [-0.25, -0.2) is 4.39 Å². The Bertz CT molecular complexity index is 449. The Balaban J connectivity index is 1.75. The predicted molar refractivity (Wildman–Crippen MR) is 80.2 cm³/mol. The topological polar surface area (TPSA) is 15.3 Å². The summed E-state index contributed by atoms with van der Waals surface area (Å²) in [6.45, 7) is 6.64. The van der Waals surface area contributed by atoms with E-state index in [9.17, 15) is 4.39 Å². The lowest BCUT2D eigenvalue weighted by molar-refractivity contribution is 0.0407. The fourth-order valence-electron chi connectivity index (χ4n) is 3.97. The van der Waals surface area contributed by atoms with Crippen LogP contribution in [0.2, 0.25) is 0 Å². The molecule has 0 saturated carbocycles. The van der Waals surface area contributed by atoms with Gasteiger partial charge in [-0.05, 0) is 57.2 Å². The third kappa shape index (κ3) is 2.75. The van der Waals surface area contributed by atoms with Gasteiger partial charge in [0, 0.05) is 24.7 Å². The SMILES string of the molecule is CC(c1ccccc1F)N1CCCC2(CCCNC2)C1. The van der Waals surface area contributed by atoms with Crippen molar-refractivity contribution >= 4 is 0 Å². The predicted octanol–water partition coefficient (Wildman–Crippen LogP) is 3.35. The molecule has 3 rings (SSSR count). The van der Waals surface area contributed by atoms with Crippen molar-refractivity contribution in [2.24, 2.45) is 5.41 Å². The molecule has 2 unspecified atom stereocenters. The van der Waals surface area contributed by atoms with Gasteiger partial charge in [-0.2, -0.15) is 0 Å². The molecule has 2 aliphatic heterocycles. The zero-order valence-electron chi connectivity index (χ0n) is 12.4. The van der Waals surface area contributed by atoms with E-state index in [1.807, 2.05) is 12.1 Å². The number of nitrogens with zero attached hydrogens (tertiary/aromatic N) is 1. The van der Waals surface area contributed by atoms with Gasteiger partial charge < -0.3 is 5.32 Å². The number of nitrogens with one attached hydrogen (secondary N) is 1. The van der Waals surface area contributed by atoms with Gasteiger partial charge in [0.15, 0.2) is 0 Å². The highest BCUT2D eigenvalue weighted by Gasteiger charge is 2.38. The summed E-state index contributed by atoms with van der Waals surface area (Å²) >= 11 is 0. The molecule has 0 radical (unpaired) electrons. The second kappa shape index (κ2) is 5.82. The van der Waals surface area contributed by atoms with E-state index in [1.54, 1.807) is 12.1 Å². The van der Waals surface area contributed by atoms with Crippen LogP contribution in [0.3, 0.4) is 0 Å². The van der Waals surface area contributed by atoms with Crippen molar-refractivity contribution in [3.63, 3.8) is 0 Å². The zero-order chi connectivity index (χ0) is 14.0. The zero-order valence-corrected chi connectivity index (χ0v) is 12.4. The minimum Gasteiger partial charge on any atom is -0.316 e. The molecule has 1 aromatic rings. The molecule has 2 atom stereocenters. The van der Waals surface area contributed by atoms with Crippen molar-refractivity contribution < 1.29 is 4.39 Å². The first-order chi connectivity index (χ1) is 9.70. The Morgan fingerprint density at radius 3 is 2.80 bits per heavy atom. The van der Waals surface area contributed by atoms with Gasteiger partial charge in [0.05, 0.1) is 0 Å². The summed E-state index contributed by atoms with van der Waals surface area (Å²) in [5, 5.41) is 3.56. The van der Waals surface area contributed by atoms with Crippen molar-refractivity contribution in [3.05, 3.63) is 35.6 Å². The number of rotatable bonds is 2. The van der Waals surface area contributed by atoms with Crippen LogP contribution >= 0.6 is 0 Å². The second-order valence-corrected chi connectivity index (χ2v) is 6.55. The highest BCUT2D eigenvalue weighted by molar-refractivity contribution is 5.21. The molecule has 3 heteroatoms. The summed E-state index contributed by atoms with van der Waals surface area (Å²) in [6.07, 6.45) is 5.16. The van der Waals surface area contributed by atoms with E-state index >= 15 is 0 Å². The quantitative estimate of drug-likeness (QED) is 0.891. The number of piperidine rings is 2. The van der Waals surface area contributed by atoms with E-state index in [4.69, 9.17) is 0 Å². The molecular formula is C17H25FN2. The average molecular weight is 276 g/mol. The molecule has 20 heavy (non-hydrogen) atoms. The van der Waals surface area contributed by atoms with Crippen LogP contribution in [0.25, 0.3) is 0 Å². The Morgan fingerprint density at radius 1 is 1.25 bits per heavy atom. The van der Waals surface area contributed by atoms with Crippen molar-refractivity contribution in [1.29, 1.82) is 0 Å². The second-order valence-electron chi connectivity index (χ2n) is 6.55. The summed E-state index contributed by atoms with van der Waals surface area (Å²) in [6, 6.07) is 7.40. The van der Waals surface area contributed by atoms with Crippen LogP contribution < -0.4 is 5.32 Å². The van der Waals surface area contributed by atoms with Crippen LogP contribution in [0.4, 0.5) is 4.39 Å². The Labute approximate surface area is 121 Å². The molecule has 0 aliphatic carbocycles. The van der Waals surface area contributed by atoms with E-state index < -0.39 is 0 Å². The monoisotopic (exact) mass is 276 g/mol. The van der Waals surface area contributed by atoms with Crippen LogP contribution in [0.1, 0.15) is 44.2 Å². The van der Waals surface area contributed by atoms with E-state index in [2.05, 4.69) is 17.1 Å². The fraction of sp³-hybridized carbons (Fsp3) is 0.647. The molecule has 2 nitrogen and oxygen atoms in total. The number of benzene rings is 1. The number of halogens is 1. The molecule has 1 N–H and O–H groups in total. The smallest absolute Gasteiger partial charge is 0.127 e. The summed E-state index contributed by atoms with van der Waals surface area (Å²) in [5.41, 5.74) is 1.27. The van der Waals surface area contributed by atoms with Gasteiger partial charge in [0.2, 0.25) is 0 Å². The molecule has 2 aliphatic rings. The molecule has 2 saturated heterocycles. The maximum atomic E-state index is 14.0. The summed E-state index contributed by atoms with van der Waals surface area (Å²) in [7, 11) is 0. The van der Waals surface area contributed by atoms with E-state index in [0.29, 0.717) is 5.41 Å². The summed E-state index contributed by atoms with van der Waals surface area (Å²) < 4.78 is 14.0. The number of hydrogen-bond acceptors (Lipinski definition) is 2. The van der Waals surface area contributed by atoms with E-state index in [1.165, 1.54) is 25.7 Å². The number of likely N-dealkylation sites (tertiary alicyclic amines) is 1. The molecule has 2 heterocycles. The Morgan fingerprint density at radius 2 is 2.05 bits per heavy atom. The third-order valence-corrected chi connectivity index (χ3v) is 5.15. The molecule has 0 amide bonds. The molecule has 1 aromatic carbocycles. The molecule has 110 valence electrons. The first-order valence-electron chi connectivity index (χ1n) is 7.89. The maximum Gasteiger partial charge on any atom is 0.127 e. The van der Waals surface area contributed by atoms with Crippen LogP contribution in [0.15, 0.2) is 24.3 Å². The average Bonchev–Trinajstić information content (AvgIpc) is 2.48. The maximum absolute atomic E-state index is 14.0. The lowest BCUT2D eigenvalue weighted by atomic mass is 9.74. The normalized spacial score (nSPS) is 29.5. The first kappa shape index (κ1) is 14.0. The fourth-order valence-corrected chi connectivity index (χ4v) is 3.97. The minimum atomic E-state index is -0.0682. The lowest BCUT2D eigenvalue weighted by Gasteiger charge is -2.47. The highest BCUT2D eigenvalue weighted by atomic mass is 19.1. The van der Waals surface area contributed by atoms with Gasteiger partial charge >= 0.3 is 0 Å². The van der Waals surface area contributed by atoms with E-state index in [0.717, 1.165) is 31.7 Å². The van der Waals surface area contributed by atoms with Gasteiger partial charge in [0.25, 0.3) is 0 Å². The summed E-state index contributed by atoms with van der Waals surface area (Å²) in [5.74, 6) is -0.0682. The Hall–Kier alpha value is -0.930. The van der Waals surface area contributed by atoms with Crippen LogP contribution in [-0.2, 0) is 0 Å². The van der Waals surface area contributed by atoms with Crippen molar-refractivity contribution in [3.8, 4) is 0 Å². The number of hydrogen-bond donors (Lipinski definition) is 1. The van der Waals surface area contributed by atoms with E-state index in [-0.39, 0.29) is 11.9 Å². The molecule has 1 spiro atoms. The third-order valence-electron chi connectivity index (χ3n) is 5.15. The van der Waals surface area contributed by atoms with Crippen LogP contribution in [0.5, 0.6) is 0 Å². The lowest BCUT2D eigenvalue weighted by Crippen LogP contribution is -2.51. The minimum absolute atomic E-state index is 0.0682. The Kier molecular flexibility index (Phi) is 4.08. The van der Waals surface area contributed by atoms with Crippen molar-refractivity contribution in [1.82, 2.24) is 10.2 Å². The molecule has 0 aromatic heterocycles. The molecule has 0 bridgehead atoms. The summed E-state index contributed by atoms with van der Waals surface area (Å²) in [4.78, 5) is 2.48. The standard InChI is InChI=1S/C17H25FN2/c1-14(15-6-2-3-7-16(15)18)20-11-5-9-17(13-20)8-4-10-19-12-17/h2-3,6-7,14,19H,4-5,8-13H2,1H3. The van der Waals surface area contributed by atoms with Gasteiger partial charge in [-0.1, -0.05) is 18.2 Å². The van der Waals surface area contributed by atoms with Gasteiger partial charge in [-0.15, -0.1) is 0 Å². The van der Waals surface area contributed by atoms with Crippen LogP contribution in [-0.4, -0.2) is 31.1 Å². The van der Waals surface area contributed by atoms with Crippen LogP contribution in [0, 0.1) is 11.2 Å². The molecule has 2 fully saturated rings. The van der Waals surface area contributed by atoms with Crippen molar-refractivity contribution in [2.75, 3.05) is 26.2 Å². The van der Waals surface area contributed by atoms with Gasteiger partial charge in [0.1, 0.15) is 5.82 Å². The van der Waals surface area contributed by atoms with Crippen molar-refractivity contribution in [2.45, 2.75) is 38.6 Å². The highest BCUT2D eigenvalue weighted by Crippen LogP contribution is 2.39. The van der Waals surface area contributed by atoms with Gasteiger partial charge in [-0.3, -0.25) is 4.90 Å². The molecular weight excluding hydrogens is 251 g/mol. The first-order valence-corrected chi connectivity index (χ1v) is 7.89. The largest absolute Gasteiger partial charge is 0.316 e.